The molecule has 17 heavy (non-hydrogen) atoms. The van der Waals surface area contributed by atoms with E-state index in [0.29, 0.717) is 5.47 Å². The zero-order chi connectivity index (χ0) is 11.8. The SMILES string of the molecule is OB(O)C1=Cc2ccccc2C2C=CC=CC12. The molecule has 0 bridgehead atoms. The molecule has 3 heteroatoms. The molecule has 2 N–H and O–H groups in total. The van der Waals surface area contributed by atoms with E-state index in [1.54, 1.807) is 0 Å². The van der Waals surface area contributed by atoms with Crippen LogP contribution in [-0.2, 0) is 0 Å². The number of hydrogen-bond acceptors (Lipinski definition) is 2. The number of rotatable bonds is 1. The lowest BCUT2D eigenvalue weighted by atomic mass is 9.61. The van der Waals surface area contributed by atoms with Gasteiger partial charge in [0.1, 0.15) is 0 Å². The first kappa shape index (κ1) is 10.6. The second-order valence-corrected chi connectivity index (χ2v) is 4.47. The van der Waals surface area contributed by atoms with E-state index in [0.717, 1.165) is 5.56 Å². The Balaban J connectivity index is 2.17. The van der Waals surface area contributed by atoms with Crippen molar-refractivity contribution in [2.45, 2.75) is 5.92 Å². The van der Waals surface area contributed by atoms with E-state index in [1.807, 2.05) is 42.5 Å². The molecule has 0 heterocycles. The Labute approximate surface area is 101 Å². The van der Waals surface area contributed by atoms with E-state index in [4.69, 9.17) is 0 Å². The molecule has 84 valence electrons. The van der Waals surface area contributed by atoms with Gasteiger partial charge < -0.3 is 10.0 Å². The van der Waals surface area contributed by atoms with Crippen LogP contribution in [0.3, 0.4) is 0 Å². The Kier molecular flexibility index (Phi) is 2.50. The molecule has 0 aliphatic heterocycles. The molecule has 0 radical (unpaired) electrons. The highest BCUT2D eigenvalue weighted by molar-refractivity contribution is 6.52. The van der Waals surface area contributed by atoms with Crippen molar-refractivity contribution in [3.63, 3.8) is 0 Å². The molecule has 3 rings (SSSR count). The minimum Gasteiger partial charge on any atom is -0.423 e. The minimum absolute atomic E-state index is 0.0647. The summed E-state index contributed by atoms with van der Waals surface area (Å²) >= 11 is 0. The lowest BCUT2D eigenvalue weighted by Crippen LogP contribution is -2.28. The predicted molar refractivity (Wildman–Crippen MR) is 69.1 cm³/mol. The fourth-order valence-electron chi connectivity index (χ4n) is 2.69. The quantitative estimate of drug-likeness (QED) is 0.715. The molecule has 0 saturated heterocycles. The lowest BCUT2D eigenvalue weighted by Gasteiger charge is -2.32. The summed E-state index contributed by atoms with van der Waals surface area (Å²) in [6.45, 7) is 0. The van der Waals surface area contributed by atoms with Gasteiger partial charge in [-0.1, -0.05) is 54.6 Å². The van der Waals surface area contributed by atoms with Crippen LogP contribution in [0.2, 0.25) is 0 Å². The number of hydrogen-bond donors (Lipinski definition) is 2. The van der Waals surface area contributed by atoms with Crippen molar-refractivity contribution in [1.82, 2.24) is 0 Å². The average Bonchev–Trinajstić information content (AvgIpc) is 2.37. The fraction of sp³-hybridized carbons (Fsp3) is 0.143. The largest absolute Gasteiger partial charge is 0.484 e. The van der Waals surface area contributed by atoms with Gasteiger partial charge in [-0.15, -0.1) is 0 Å². The first-order valence-corrected chi connectivity index (χ1v) is 5.79. The van der Waals surface area contributed by atoms with Gasteiger partial charge in [-0.3, -0.25) is 0 Å². The molecule has 2 aliphatic carbocycles. The Bertz CT molecular complexity index is 529. The van der Waals surface area contributed by atoms with Gasteiger partial charge in [0.15, 0.2) is 0 Å². The van der Waals surface area contributed by atoms with Crippen LogP contribution in [0.4, 0.5) is 0 Å². The van der Waals surface area contributed by atoms with Crippen molar-refractivity contribution >= 4 is 13.2 Å². The van der Waals surface area contributed by atoms with E-state index in [2.05, 4.69) is 12.1 Å². The van der Waals surface area contributed by atoms with E-state index in [1.165, 1.54) is 5.56 Å². The maximum Gasteiger partial charge on any atom is 0.484 e. The van der Waals surface area contributed by atoms with Crippen LogP contribution in [0.25, 0.3) is 6.08 Å². The Hall–Kier alpha value is -1.58. The van der Waals surface area contributed by atoms with E-state index >= 15 is 0 Å². The molecule has 2 atom stereocenters. The van der Waals surface area contributed by atoms with E-state index in [-0.39, 0.29) is 11.8 Å². The zero-order valence-corrected chi connectivity index (χ0v) is 9.32. The first-order valence-electron chi connectivity index (χ1n) is 5.79. The molecule has 0 aromatic heterocycles. The molecule has 0 spiro atoms. The van der Waals surface area contributed by atoms with Crippen molar-refractivity contribution in [3.05, 3.63) is 65.2 Å². The van der Waals surface area contributed by atoms with Gasteiger partial charge in [-0.2, -0.15) is 0 Å². The van der Waals surface area contributed by atoms with Gasteiger partial charge in [-0.05, 0) is 16.6 Å². The molecule has 1 aromatic rings. The number of fused-ring (bicyclic) bond motifs is 3. The third-order valence-electron chi connectivity index (χ3n) is 3.50. The lowest BCUT2D eigenvalue weighted by molar-refractivity contribution is 0.410. The van der Waals surface area contributed by atoms with E-state index in [9.17, 15) is 10.0 Å². The highest BCUT2D eigenvalue weighted by Crippen LogP contribution is 2.41. The highest BCUT2D eigenvalue weighted by Gasteiger charge is 2.33. The summed E-state index contributed by atoms with van der Waals surface area (Å²) in [5, 5.41) is 18.9. The summed E-state index contributed by atoms with van der Waals surface area (Å²) < 4.78 is 0. The summed E-state index contributed by atoms with van der Waals surface area (Å²) in [5.41, 5.74) is 3.01. The average molecular weight is 224 g/mol. The fourth-order valence-corrected chi connectivity index (χ4v) is 2.69. The van der Waals surface area contributed by atoms with Gasteiger partial charge in [-0.25, -0.2) is 0 Å². The van der Waals surface area contributed by atoms with Crippen LogP contribution in [0, 0.1) is 5.92 Å². The summed E-state index contributed by atoms with van der Waals surface area (Å²) in [6, 6.07) is 8.11. The van der Waals surface area contributed by atoms with Gasteiger partial charge >= 0.3 is 7.12 Å². The molecular formula is C14H13BO2. The Morgan fingerprint density at radius 2 is 1.65 bits per heavy atom. The zero-order valence-electron chi connectivity index (χ0n) is 9.32. The normalized spacial score (nSPS) is 24.9. The van der Waals surface area contributed by atoms with Crippen LogP contribution in [0.15, 0.2) is 54.0 Å². The molecule has 0 amide bonds. The topological polar surface area (TPSA) is 40.5 Å². The molecule has 2 unspecified atom stereocenters. The third-order valence-corrected chi connectivity index (χ3v) is 3.50. The predicted octanol–water partition coefficient (Wildman–Crippen LogP) is 1.92. The van der Waals surface area contributed by atoms with Crippen molar-refractivity contribution in [2.24, 2.45) is 5.92 Å². The molecule has 0 saturated carbocycles. The van der Waals surface area contributed by atoms with Crippen molar-refractivity contribution in [1.29, 1.82) is 0 Å². The Morgan fingerprint density at radius 3 is 2.41 bits per heavy atom. The molecule has 2 aliphatic rings. The maximum absolute atomic E-state index is 9.47. The van der Waals surface area contributed by atoms with E-state index < -0.39 is 7.12 Å². The third kappa shape index (κ3) is 1.68. The van der Waals surface area contributed by atoms with Crippen LogP contribution < -0.4 is 0 Å². The van der Waals surface area contributed by atoms with Gasteiger partial charge in [0.25, 0.3) is 0 Å². The van der Waals surface area contributed by atoms with Gasteiger partial charge in [0.05, 0.1) is 0 Å². The number of benzene rings is 1. The maximum atomic E-state index is 9.47. The monoisotopic (exact) mass is 224 g/mol. The van der Waals surface area contributed by atoms with Crippen LogP contribution in [0.1, 0.15) is 17.0 Å². The second kappa shape index (κ2) is 4.02. The highest BCUT2D eigenvalue weighted by atomic mass is 16.4. The summed E-state index contributed by atoms with van der Waals surface area (Å²) in [7, 11) is -1.38. The standard InChI is InChI=1S/C14H13BO2/c16-15(17)14-9-10-5-1-2-6-11(10)12-7-3-4-8-13(12)14/h1-9,12-13,16-17H. The van der Waals surface area contributed by atoms with Crippen molar-refractivity contribution in [3.8, 4) is 0 Å². The van der Waals surface area contributed by atoms with Crippen LogP contribution in [0.5, 0.6) is 0 Å². The summed E-state index contributed by atoms with van der Waals surface area (Å²) in [4.78, 5) is 0. The molecule has 1 aromatic carbocycles. The second-order valence-electron chi connectivity index (χ2n) is 4.47. The van der Waals surface area contributed by atoms with Gasteiger partial charge in [0, 0.05) is 11.8 Å². The first-order chi connectivity index (χ1) is 8.27. The van der Waals surface area contributed by atoms with Crippen molar-refractivity contribution < 1.29 is 10.0 Å². The molecular weight excluding hydrogens is 211 g/mol. The van der Waals surface area contributed by atoms with Crippen LogP contribution in [-0.4, -0.2) is 17.2 Å². The molecule has 2 nitrogen and oxygen atoms in total. The smallest absolute Gasteiger partial charge is 0.423 e. The van der Waals surface area contributed by atoms with Crippen molar-refractivity contribution in [2.75, 3.05) is 0 Å². The van der Waals surface area contributed by atoms with Gasteiger partial charge in [0.2, 0.25) is 0 Å². The number of allylic oxidation sites excluding steroid dienone is 5. The summed E-state index contributed by atoms with van der Waals surface area (Å²) in [6.07, 6.45) is 10.0. The summed E-state index contributed by atoms with van der Waals surface area (Å²) in [5.74, 6) is 0.285. The van der Waals surface area contributed by atoms with Crippen LogP contribution >= 0.6 is 0 Å². The molecule has 0 fully saturated rings. The Morgan fingerprint density at radius 1 is 0.941 bits per heavy atom. The minimum atomic E-state index is -1.38.